The summed E-state index contributed by atoms with van der Waals surface area (Å²) in [6.45, 7) is 8.18. The lowest BCUT2D eigenvalue weighted by Gasteiger charge is -2.51. The van der Waals surface area contributed by atoms with Gasteiger partial charge in [0.15, 0.2) is 24.8 Å². The number of carbonyl (C=O) groups excluding carboxylic acids is 3. The van der Waals surface area contributed by atoms with Crippen molar-refractivity contribution in [2.24, 2.45) is 17.3 Å². The monoisotopic (exact) mass is 814 g/mol. The quantitative estimate of drug-likeness (QED) is 0.202. The van der Waals surface area contributed by atoms with Gasteiger partial charge >= 0.3 is 11.9 Å². The Morgan fingerprint density at radius 2 is 1.48 bits per heavy atom. The highest BCUT2D eigenvalue weighted by Gasteiger charge is 2.68. The van der Waals surface area contributed by atoms with Crippen molar-refractivity contribution in [3.8, 4) is 11.5 Å². The molecule has 2 aliphatic heterocycles. The molecule has 0 amide bonds. The number of aliphatic hydroxyl groups is 4. The van der Waals surface area contributed by atoms with Gasteiger partial charge in [-0.25, -0.2) is 4.79 Å². The molecule has 15 nitrogen and oxygen atoms in total. The van der Waals surface area contributed by atoms with Gasteiger partial charge in [0.2, 0.25) is 0 Å². The molecule has 4 aliphatic rings. The van der Waals surface area contributed by atoms with Gasteiger partial charge in [0, 0.05) is 24.7 Å². The third-order valence-corrected chi connectivity index (χ3v) is 12.7. The maximum absolute atomic E-state index is 13.9. The van der Waals surface area contributed by atoms with E-state index in [4.69, 9.17) is 37.9 Å². The lowest BCUT2D eigenvalue weighted by molar-refractivity contribution is -0.345. The number of fused-ring (bicyclic) bond motifs is 3. The van der Waals surface area contributed by atoms with Crippen LogP contribution in [0.1, 0.15) is 87.7 Å². The van der Waals surface area contributed by atoms with Gasteiger partial charge in [-0.1, -0.05) is 33.8 Å². The highest BCUT2D eigenvalue weighted by atomic mass is 16.8. The summed E-state index contributed by atoms with van der Waals surface area (Å²) in [7, 11) is 3.08. The van der Waals surface area contributed by atoms with Crippen molar-refractivity contribution in [2.75, 3.05) is 27.4 Å². The normalized spacial score (nSPS) is 35.0. The lowest BCUT2D eigenvalue weighted by atomic mass is 9.58. The molecule has 0 unspecified atom stereocenters. The molecule has 15 heteroatoms. The van der Waals surface area contributed by atoms with Crippen molar-refractivity contribution < 1.29 is 72.7 Å². The van der Waals surface area contributed by atoms with E-state index in [0.29, 0.717) is 30.8 Å². The average molecular weight is 815 g/mol. The fourth-order valence-electron chi connectivity index (χ4n) is 9.23. The Bertz CT molecular complexity index is 1770. The van der Waals surface area contributed by atoms with E-state index in [-0.39, 0.29) is 42.6 Å². The molecule has 1 saturated carbocycles. The second kappa shape index (κ2) is 17.9. The van der Waals surface area contributed by atoms with Crippen molar-refractivity contribution in [1.29, 1.82) is 0 Å². The molecule has 3 fully saturated rings. The van der Waals surface area contributed by atoms with Crippen LogP contribution in [0, 0.1) is 17.3 Å². The summed E-state index contributed by atoms with van der Waals surface area (Å²) in [5, 5.41) is 46.0. The topological polar surface area (TPSA) is 206 Å². The lowest BCUT2D eigenvalue weighted by Crippen LogP contribution is -2.64. The third-order valence-electron chi connectivity index (χ3n) is 12.7. The molecule has 0 aromatic heterocycles. The van der Waals surface area contributed by atoms with Gasteiger partial charge in [0.25, 0.3) is 0 Å². The largest absolute Gasteiger partial charge is 0.497 e. The first-order chi connectivity index (χ1) is 27.5. The smallest absolute Gasteiger partial charge is 0.338 e. The zero-order valence-electron chi connectivity index (χ0n) is 34.2. The Hall–Kier alpha value is -3.67. The van der Waals surface area contributed by atoms with E-state index in [9.17, 15) is 34.8 Å². The minimum atomic E-state index is -1.71. The Morgan fingerprint density at radius 3 is 2.12 bits per heavy atom. The maximum Gasteiger partial charge on any atom is 0.338 e. The number of aliphatic hydroxyl groups excluding tert-OH is 3. The molecule has 0 bridgehead atoms. The molecular weight excluding hydrogens is 756 g/mol. The maximum atomic E-state index is 13.9. The van der Waals surface area contributed by atoms with E-state index in [2.05, 4.69) is 0 Å². The summed E-state index contributed by atoms with van der Waals surface area (Å²) in [5.74, 6) is -1.35. The predicted molar refractivity (Wildman–Crippen MR) is 205 cm³/mol. The Labute approximate surface area is 338 Å². The minimum Gasteiger partial charge on any atom is -0.497 e. The number of ketones is 1. The number of hydrogen-bond acceptors (Lipinski definition) is 15. The number of aryl methyl sites for hydroxylation is 1. The van der Waals surface area contributed by atoms with Crippen LogP contribution >= 0.6 is 0 Å². The van der Waals surface area contributed by atoms with E-state index in [1.165, 1.54) is 19.2 Å². The highest BCUT2D eigenvalue weighted by Crippen LogP contribution is 2.64. The summed E-state index contributed by atoms with van der Waals surface area (Å²) in [6, 6.07) is 11.9. The Balaban J connectivity index is 1.30. The minimum absolute atomic E-state index is 0.102. The SMILES string of the molecule is COc1ccc(C(=O)O[C@H]2[C@H](O[C@@H]3[C@@H](OC(C)=O)[C@H](O[C@H]4C[C@H]5c6ccc(OC)cc6CC[C@]5(C)[C@@]4(O)[C@H](C)C(=O)CCC(C)C)OC[C@@H]3O)OC[C@@H](O)[C@@H]2O)cc1. The molecule has 6 rings (SSSR count). The fraction of sp³-hybridized carbons (Fsp3) is 0.651. The summed E-state index contributed by atoms with van der Waals surface area (Å²) < 4.78 is 46.7. The van der Waals surface area contributed by atoms with Crippen molar-refractivity contribution in [1.82, 2.24) is 0 Å². The molecule has 0 spiro atoms. The molecule has 320 valence electrons. The standard InChI is InChI=1S/C43H58O15/c1-22(2)8-15-31(45)23(3)43(50)34(19-30-29-14-13-28(52-7)18-26(29)16-17-42(30,43)5)56-41-38(55-24(4)44)36(33(47)21-54-41)58-40-37(35(48)32(46)20-53-40)57-39(49)25-9-11-27(51-6)12-10-25/h9-14,18,22-23,30,32-38,40-41,46-48,50H,8,15-17,19-21H2,1-7H3/t23-,30+,32-,33+,34+,35+,36+,37-,38-,40+,41+,42+,43-/m1/s1. The van der Waals surface area contributed by atoms with Crippen molar-refractivity contribution in [3.63, 3.8) is 0 Å². The summed E-state index contributed by atoms with van der Waals surface area (Å²) in [4.78, 5) is 39.9. The van der Waals surface area contributed by atoms with Crippen molar-refractivity contribution in [3.05, 3.63) is 59.2 Å². The number of Topliss-reactive ketones (excluding diaryl/α,β-unsaturated/α-hetero) is 1. The highest BCUT2D eigenvalue weighted by molar-refractivity contribution is 5.89. The van der Waals surface area contributed by atoms with E-state index < -0.39 is 90.8 Å². The third kappa shape index (κ3) is 8.50. The summed E-state index contributed by atoms with van der Waals surface area (Å²) >= 11 is 0. The van der Waals surface area contributed by atoms with Gasteiger partial charge in [0.1, 0.15) is 47.3 Å². The van der Waals surface area contributed by atoms with Gasteiger partial charge in [-0.2, -0.15) is 0 Å². The van der Waals surface area contributed by atoms with Gasteiger partial charge in [-0.3, -0.25) is 9.59 Å². The van der Waals surface area contributed by atoms with Gasteiger partial charge in [-0.15, -0.1) is 0 Å². The first-order valence-corrected chi connectivity index (χ1v) is 20.0. The molecule has 0 radical (unpaired) electrons. The van der Waals surface area contributed by atoms with Crippen molar-refractivity contribution >= 4 is 17.7 Å². The van der Waals surface area contributed by atoms with Crippen LogP contribution in [0.5, 0.6) is 11.5 Å². The molecular formula is C43H58O15. The van der Waals surface area contributed by atoms with Gasteiger partial charge in [-0.05, 0) is 85.0 Å². The fourth-order valence-corrected chi connectivity index (χ4v) is 9.23. The molecule has 58 heavy (non-hydrogen) atoms. The second-order valence-electron chi connectivity index (χ2n) is 16.6. The number of carbonyl (C=O) groups is 3. The molecule has 2 aromatic carbocycles. The molecule has 13 atom stereocenters. The van der Waals surface area contributed by atoms with Crippen LogP contribution < -0.4 is 9.47 Å². The first kappa shape index (κ1) is 43.9. The molecule has 2 aliphatic carbocycles. The molecule has 2 saturated heterocycles. The number of methoxy groups -OCH3 is 2. The van der Waals surface area contributed by atoms with Crippen LogP contribution in [0.25, 0.3) is 0 Å². The van der Waals surface area contributed by atoms with E-state index in [1.807, 2.05) is 39.0 Å². The van der Waals surface area contributed by atoms with Crippen LogP contribution in [0.15, 0.2) is 42.5 Å². The predicted octanol–water partition coefficient (Wildman–Crippen LogP) is 3.24. The number of ether oxygens (including phenoxy) is 8. The number of benzene rings is 2. The van der Waals surface area contributed by atoms with Crippen molar-refractivity contribution in [2.45, 2.75) is 134 Å². The molecule has 4 N–H and O–H groups in total. The van der Waals surface area contributed by atoms with Crippen LogP contribution in [0.2, 0.25) is 0 Å². The van der Waals surface area contributed by atoms with Crippen LogP contribution in [-0.4, -0.2) is 126 Å². The average Bonchev–Trinajstić information content (AvgIpc) is 3.44. The second-order valence-corrected chi connectivity index (χ2v) is 16.6. The van der Waals surface area contributed by atoms with Crippen LogP contribution in [0.3, 0.4) is 0 Å². The first-order valence-electron chi connectivity index (χ1n) is 20.0. The number of rotatable bonds is 14. The van der Waals surface area contributed by atoms with E-state index in [1.54, 1.807) is 26.2 Å². The molecule has 2 heterocycles. The summed E-state index contributed by atoms with van der Waals surface area (Å²) in [6.07, 6.45) is -10.7. The zero-order chi connectivity index (χ0) is 42.1. The summed E-state index contributed by atoms with van der Waals surface area (Å²) in [5.41, 5.74) is -0.340. The Morgan fingerprint density at radius 1 is 0.845 bits per heavy atom. The number of hydrogen-bond donors (Lipinski definition) is 4. The van der Waals surface area contributed by atoms with E-state index >= 15 is 0 Å². The molecule has 2 aromatic rings. The van der Waals surface area contributed by atoms with Gasteiger partial charge in [0.05, 0.1) is 39.1 Å². The van der Waals surface area contributed by atoms with E-state index in [0.717, 1.165) is 18.1 Å². The van der Waals surface area contributed by atoms with Crippen LogP contribution in [0.4, 0.5) is 0 Å². The Kier molecular flexibility index (Phi) is 13.5. The zero-order valence-corrected chi connectivity index (χ0v) is 34.2. The van der Waals surface area contributed by atoms with Gasteiger partial charge < -0.3 is 58.3 Å². The van der Waals surface area contributed by atoms with Crippen LogP contribution in [-0.2, 0) is 44.4 Å². The number of esters is 2.